The molecule has 0 unspecified atom stereocenters. The van der Waals surface area contributed by atoms with Crippen LogP contribution in [0.2, 0.25) is 0 Å². The van der Waals surface area contributed by atoms with Crippen molar-refractivity contribution in [3.63, 3.8) is 0 Å². The minimum atomic E-state index is -0.444. The smallest absolute Gasteiger partial charge is 0.269 e. The molecule has 0 fully saturated rings. The molecule has 0 saturated carbocycles. The minimum Gasteiger partial charge on any atom is -0.493 e. The van der Waals surface area contributed by atoms with E-state index in [2.05, 4.69) is 16.2 Å². The summed E-state index contributed by atoms with van der Waals surface area (Å²) in [5.74, 6) is 0.245. The molecule has 7 nitrogen and oxygen atoms in total. The van der Waals surface area contributed by atoms with Crippen molar-refractivity contribution in [1.82, 2.24) is 16.2 Å². The first-order valence-electron chi connectivity index (χ1n) is 9.97. The number of rotatable bonds is 7. The van der Waals surface area contributed by atoms with Crippen molar-refractivity contribution in [2.45, 2.75) is 13.5 Å². The van der Waals surface area contributed by atoms with E-state index in [9.17, 15) is 9.59 Å². The topological polar surface area (TPSA) is 88.7 Å². The molecule has 0 bridgehead atoms. The number of amides is 2. The number of benzene rings is 3. The summed E-state index contributed by atoms with van der Waals surface area (Å²) in [7, 11) is 0. The standard InChI is InChI=1S/C24H23N3O4S/c1-2-30-21-11-7-6-10-20(21)23(29)25-24(32)27-26-22(28)18-12-14-19(15-13-18)31-16-17-8-4-3-5-9-17/h3-15H,2,16H2,1H3,(H,26,28)(H2,25,27,29,32). The van der Waals surface area contributed by atoms with E-state index < -0.39 is 11.8 Å². The predicted molar refractivity (Wildman–Crippen MR) is 125 cm³/mol. The normalized spacial score (nSPS) is 10.0. The summed E-state index contributed by atoms with van der Waals surface area (Å²) >= 11 is 5.09. The van der Waals surface area contributed by atoms with Crippen LogP contribution in [0.15, 0.2) is 78.9 Å². The van der Waals surface area contributed by atoms with Gasteiger partial charge in [0.05, 0.1) is 12.2 Å². The molecule has 0 saturated heterocycles. The Balaban J connectivity index is 1.47. The second-order valence-corrected chi connectivity index (χ2v) is 7.00. The number of hydrogen-bond donors (Lipinski definition) is 3. The molecule has 3 aromatic rings. The molecule has 32 heavy (non-hydrogen) atoms. The van der Waals surface area contributed by atoms with E-state index >= 15 is 0 Å². The van der Waals surface area contributed by atoms with E-state index in [-0.39, 0.29) is 5.11 Å². The van der Waals surface area contributed by atoms with Gasteiger partial charge in [-0.3, -0.25) is 25.8 Å². The first kappa shape index (κ1) is 22.8. The van der Waals surface area contributed by atoms with Crippen molar-refractivity contribution in [2.75, 3.05) is 6.61 Å². The van der Waals surface area contributed by atoms with Gasteiger partial charge in [0.1, 0.15) is 18.1 Å². The molecule has 0 atom stereocenters. The minimum absolute atomic E-state index is 0.0440. The van der Waals surface area contributed by atoms with Crippen molar-refractivity contribution >= 4 is 29.1 Å². The molecule has 0 heterocycles. The van der Waals surface area contributed by atoms with E-state index in [1.165, 1.54) is 0 Å². The number of thiocarbonyl (C=S) groups is 1. The third kappa shape index (κ3) is 6.55. The number of ether oxygens (including phenoxy) is 2. The molecule has 0 aromatic heterocycles. The van der Waals surface area contributed by atoms with E-state index in [0.29, 0.717) is 35.8 Å². The van der Waals surface area contributed by atoms with Crippen LogP contribution in [0.1, 0.15) is 33.2 Å². The highest BCUT2D eigenvalue weighted by molar-refractivity contribution is 7.80. The SMILES string of the molecule is CCOc1ccccc1C(=O)NC(=S)NNC(=O)c1ccc(OCc2ccccc2)cc1. The first-order chi connectivity index (χ1) is 15.6. The van der Waals surface area contributed by atoms with Gasteiger partial charge in [-0.1, -0.05) is 42.5 Å². The zero-order chi connectivity index (χ0) is 22.8. The number of hydrogen-bond acceptors (Lipinski definition) is 5. The Morgan fingerprint density at radius 3 is 2.22 bits per heavy atom. The maximum atomic E-state index is 12.4. The van der Waals surface area contributed by atoms with Gasteiger partial charge in [-0.05, 0) is 61.1 Å². The van der Waals surface area contributed by atoms with Gasteiger partial charge >= 0.3 is 0 Å². The second-order valence-electron chi connectivity index (χ2n) is 6.59. The van der Waals surface area contributed by atoms with Gasteiger partial charge in [-0.15, -0.1) is 0 Å². The predicted octanol–water partition coefficient (Wildman–Crippen LogP) is 3.61. The molecule has 8 heteroatoms. The summed E-state index contributed by atoms with van der Waals surface area (Å²) in [6.45, 7) is 2.70. The number of hydrazine groups is 1. The molecule has 0 aliphatic rings. The van der Waals surface area contributed by atoms with E-state index in [4.69, 9.17) is 21.7 Å². The summed E-state index contributed by atoms with van der Waals surface area (Å²) in [4.78, 5) is 24.7. The fourth-order valence-electron chi connectivity index (χ4n) is 2.77. The summed E-state index contributed by atoms with van der Waals surface area (Å²) in [6, 6.07) is 23.3. The Bertz CT molecular complexity index is 1070. The summed E-state index contributed by atoms with van der Waals surface area (Å²) in [5, 5.41) is 2.47. The van der Waals surface area contributed by atoms with Crippen molar-refractivity contribution in [3.8, 4) is 11.5 Å². The molecule has 164 valence electrons. The Morgan fingerprint density at radius 1 is 0.812 bits per heavy atom. The molecular weight excluding hydrogens is 426 g/mol. The lowest BCUT2D eigenvalue weighted by Crippen LogP contribution is -2.48. The van der Waals surface area contributed by atoms with Crippen molar-refractivity contribution in [3.05, 3.63) is 95.6 Å². The fourth-order valence-corrected chi connectivity index (χ4v) is 2.91. The fraction of sp³-hybridized carbons (Fsp3) is 0.125. The molecule has 2 amide bonds. The number of para-hydroxylation sites is 1. The maximum Gasteiger partial charge on any atom is 0.269 e. The van der Waals surface area contributed by atoms with Crippen molar-refractivity contribution in [2.24, 2.45) is 0 Å². The van der Waals surface area contributed by atoms with E-state index in [1.54, 1.807) is 48.5 Å². The Labute approximate surface area is 191 Å². The Hall–Kier alpha value is -3.91. The van der Waals surface area contributed by atoms with Crippen LogP contribution in [0, 0.1) is 0 Å². The quantitative estimate of drug-likeness (QED) is 0.377. The highest BCUT2D eigenvalue weighted by Gasteiger charge is 2.14. The van der Waals surface area contributed by atoms with Crippen molar-refractivity contribution < 1.29 is 19.1 Å². The summed E-state index contributed by atoms with van der Waals surface area (Å²) < 4.78 is 11.2. The van der Waals surface area contributed by atoms with E-state index in [1.807, 2.05) is 37.3 Å². The largest absolute Gasteiger partial charge is 0.493 e. The summed E-state index contributed by atoms with van der Waals surface area (Å²) in [5.41, 5.74) is 6.78. The van der Waals surface area contributed by atoms with Gasteiger partial charge in [0.2, 0.25) is 0 Å². The Kier molecular flexibility index (Phi) is 8.16. The first-order valence-corrected chi connectivity index (χ1v) is 10.4. The summed E-state index contributed by atoms with van der Waals surface area (Å²) in [6.07, 6.45) is 0. The van der Waals surface area contributed by atoms with Gasteiger partial charge < -0.3 is 9.47 Å². The van der Waals surface area contributed by atoms with Gasteiger partial charge in [-0.25, -0.2) is 0 Å². The van der Waals surface area contributed by atoms with Gasteiger partial charge in [0.15, 0.2) is 5.11 Å². The number of carbonyl (C=O) groups is 2. The molecule has 0 radical (unpaired) electrons. The molecule has 3 rings (SSSR count). The van der Waals surface area contributed by atoms with Crippen LogP contribution in [-0.2, 0) is 6.61 Å². The highest BCUT2D eigenvalue weighted by Crippen LogP contribution is 2.17. The lowest BCUT2D eigenvalue weighted by Gasteiger charge is -2.13. The molecule has 0 aliphatic heterocycles. The zero-order valence-electron chi connectivity index (χ0n) is 17.5. The Morgan fingerprint density at radius 2 is 1.50 bits per heavy atom. The van der Waals surface area contributed by atoms with Crippen LogP contribution >= 0.6 is 12.2 Å². The second kappa shape index (κ2) is 11.5. The molecule has 3 aromatic carbocycles. The maximum absolute atomic E-state index is 12.4. The van der Waals surface area contributed by atoms with Crippen molar-refractivity contribution in [1.29, 1.82) is 0 Å². The van der Waals surface area contributed by atoms with Gasteiger partial charge in [0, 0.05) is 5.56 Å². The van der Waals surface area contributed by atoms with E-state index in [0.717, 1.165) is 5.56 Å². The third-order valence-corrected chi connectivity index (χ3v) is 4.52. The average Bonchev–Trinajstić information content (AvgIpc) is 2.82. The molecular formula is C24H23N3O4S. The molecule has 0 spiro atoms. The lowest BCUT2D eigenvalue weighted by molar-refractivity contribution is 0.0933. The van der Waals surface area contributed by atoms with Crippen LogP contribution < -0.4 is 25.6 Å². The molecule has 3 N–H and O–H groups in total. The van der Waals surface area contributed by atoms with Crippen LogP contribution in [0.5, 0.6) is 11.5 Å². The number of nitrogens with one attached hydrogen (secondary N) is 3. The average molecular weight is 450 g/mol. The molecule has 0 aliphatic carbocycles. The van der Waals surface area contributed by atoms with Crippen LogP contribution in [-0.4, -0.2) is 23.5 Å². The third-order valence-electron chi connectivity index (χ3n) is 4.31. The zero-order valence-corrected chi connectivity index (χ0v) is 18.3. The highest BCUT2D eigenvalue weighted by atomic mass is 32.1. The lowest BCUT2D eigenvalue weighted by atomic mass is 10.2. The van der Waals surface area contributed by atoms with Crippen LogP contribution in [0.3, 0.4) is 0 Å². The van der Waals surface area contributed by atoms with Gasteiger partial charge in [-0.2, -0.15) is 0 Å². The monoisotopic (exact) mass is 449 g/mol. The number of carbonyl (C=O) groups excluding carboxylic acids is 2. The van der Waals surface area contributed by atoms with Crippen LogP contribution in [0.25, 0.3) is 0 Å². The van der Waals surface area contributed by atoms with Crippen LogP contribution in [0.4, 0.5) is 0 Å². The van der Waals surface area contributed by atoms with Gasteiger partial charge in [0.25, 0.3) is 11.8 Å².